The number of rotatable bonds is 8. The molecule has 0 saturated carbocycles. The SMILES string of the molecule is COc1ccc(-c2cc(=O)c3cc(OC4OC(COC5OC(C)C(O)C(O)C5O)C(O)C(O)C4O)c(OC)c(O)c3o2)cc1. The van der Waals surface area contributed by atoms with E-state index >= 15 is 0 Å². The largest absolute Gasteiger partial charge is 0.502 e. The molecule has 1 aromatic heterocycles. The van der Waals surface area contributed by atoms with Crippen molar-refractivity contribution in [3.63, 3.8) is 0 Å². The number of aliphatic hydroxyl groups is 6. The number of benzene rings is 2. The molecule has 2 aliphatic heterocycles. The molecule has 0 bridgehead atoms. The fourth-order valence-electron chi connectivity index (χ4n) is 5.03. The molecule has 2 aromatic carbocycles. The summed E-state index contributed by atoms with van der Waals surface area (Å²) in [5.74, 6) is -0.375. The summed E-state index contributed by atoms with van der Waals surface area (Å²) in [5, 5.41) is 72.7. The first-order valence-corrected chi connectivity index (χ1v) is 13.6. The highest BCUT2D eigenvalue weighted by molar-refractivity contribution is 5.89. The van der Waals surface area contributed by atoms with E-state index in [4.69, 9.17) is 32.8 Å². The van der Waals surface area contributed by atoms with Gasteiger partial charge in [-0.1, -0.05) is 0 Å². The minimum Gasteiger partial charge on any atom is -0.502 e. The summed E-state index contributed by atoms with van der Waals surface area (Å²) >= 11 is 0. The molecule has 15 nitrogen and oxygen atoms in total. The Morgan fingerprint density at radius 3 is 2.11 bits per heavy atom. The quantitative estimate of drug-likeness (QED) is 0.163. The van der Waals surface area contributed by atoms with E-state index in [9.17, 15) is 40.5 Å². The van der Waals surface area contributed by atoms with E-state index in [1.54, 1.807) is 24.3 Å². The Morgan fingerprint density at radius 1 is 0.795 bits per heavy atom. The maximum Gasteiger partial charge on any atom is 0.229 e. The van der Waals surface area contributed by atoms with Crippen molar-refractivity contribution in [3.8, 4) is 34.3 Å². The molecule has 3 heterocycles. The van der Waals surface area contributed by atoms with Crippen LogP contribution in [0.1, 0.15) is 6.92 Å². The van der Waals surface area contributed by atoms with Gasteiger partial charge in [-0.05, 0) is 37.3 Å². The van der Waals surface area contributed by atoms with E-state index in [0.717, 1.165) is 0 Å². The zero-order chi connectivity index (χ0) is 31.9. The third-order valence-corrected chi connectivity index (χ3v) is 7.64. The standard InChI is InChI=1S/C29H34O15/c1-11-19(31)21(33)23(35)28(41-11)40-10-18-20(32)22(34)24(36)29(44-18)43-17-8-14-15(30)9-16(12-4-6-13(38-2)7-5-12)42-26(14)25(37)27(17)39-3/h4-9,11,18-24,28-29,31-37H,10H2,1-3H3. The molecule has 2 fully saturated rings. The molecule has 2 aliphatic rings. The topological polar surface area (TPSA) is 227 Å². The minimum atomic E-state index is -1.81. The molecular formula is C29H34O15. The highest BCUT2D eigenvalue weighted by Gasteiger charge is 2.47. The maximum absolute atomic E-state index is 13.1. The molecular weight excluding hydrogens is 588 g/mol. The smallest absolute Gasteiger partial charge is 0.229 e. The lowest BCUT2D eigenvalue weighted by atomic mass is 9.98. The minimum absolute atomic E-state index is 0.0976. The van der Waals surface area contributed by atoms with Gasteiger partial charge in [0.1, 0.15) is 54.2 Å². The Hall–Kier alpha value is -3.51. The molecule has 2 saturated heterocycles. The van der Waals surface area contributed by atoms with Gasteiger partial charge >= 0.3 is 0 Å². The summed E-state index contributed by atoms with van der Waals surface area (Å²) in [6.07, 6.45) is -15.2. The Bertz CT molecular complexity index is 1510. The molecule has 44 heavy (non-hydrogen) atoms. The first kappa shape index (κ1) is 31.9. The number of aliphatic hydroxyl groups excluding tert-OH is 6. The van der Waals surface area contributed by atoms with Gasteiger partial charge < -0.3 is 68.6 Å². The van der Waals surface area contributed by atoms with E-state index in [0.29, 0.717) is 11.3 Å². The third-order valence-electron chi connectivity index (χ3n) is 7.64. The van der Waals surface area contributed by atoms with E-state index in [1.165, 1.54) is 33.3 Å². The Kier molecular flexibility index (Phi) is 9.31. The fraction of sp³-hybridized carbons (Fsp3) is 0.483. The second-order valence-electron chi connectivity index (χ2n) is 10.5. The average Bonchev–Trinajstić information content (AvgIpc) is 3.02. The van der Waals surface area contributed by atoms with Crippen molar-refractivity contribution < 1.29 is 68.6 Å². The summed E-state index contributed by atoms with van der Waals surface area (Å²) < 4.78 is 38.5. The van der Waals surface area contributed by atoms with Crippen molar-refractivity contribution in [1.82, 2.24) is 0 Å². The average molecular weight is 623 g/mol. The van der Waals surface area contributed by atoms with Crippen molar-refractivity contribution in [1.29, 1.82) is 0 Å². The van der Waals surface area contributed by atoms with Gasteiger partial charge in [0.25, 0.3) is 0 Å². The first-order valence-electron chi connectivity index (χ1n) is 13.6. The van der Waals surface area contributed by atoms with Crippen LogP contribution >= 0.6 is 0 Å². The van der Waals surface area contributed by atoms with Crippen LogP contribution in [-0.2, 0) is 14.2 Å². The predicted octanol–water partition coefficient (Wildman–Crippen LogP) is -0.787. The number of ether oxygens (including phenoxy) is 6. The number of aromatic hydroxyl groups is 1. The van der Waals surface area contributed by atoms with Gasteiger partial charge in [-0.3, -0.25) is 4.79 Å². The van der Waals surface area contributed by atoms with Gasteiger partial charge in [0.2, 0.25) is 17.8 Å². The van der Waals surface area contributed by atoms with Crippen LogP contribution in [0.2, 0.25) is 0 Å². The van der Waals surface area contributed by atoms with Crippen molar-refractivity contribution in [2.75, 3.05) is 20.8 Å². The lowest BCUT2D eigenvalue weighted by Crippen LogP contribution is -2.61. The van der Waals surface area contributed by atoms with Gasteiger partial charge in [-0.2, -0.15) is 0 Å². The van der Waals surface area contributed by atoms with Crippen molar-refractivity contribution in [3.05, 3.63) is 46.6 Å². The van der Waals surface area contributed by atoms with Crippen molar-refractivity contribution in [2.45, 2.75) is 68.3 Å². The van der Waals surface area contributed by atoms with Crippen molar-refractivity contribution >= 4 is 11.0 Å². The fourth-order valence-corrected chi connectivity index (χ4v) is 5.03. The van der Waals surface area contributed by atoms with E-state index in [2.05, 4.69) is 0 Å². The van der Waals surface area contributed by atoms with Gasteiger partial charge in [0, 0.05) is 11.6 Å². The van der Waals surface area contributed by atoms with Crippen LogP contribution in [0.25, 0.3) is 22.3 Å². The van der Waals surface area contributed by atoms with Crippen LogP contribution < -0.4 is 19.6 Å². The molecule has 3 aromatic rings. The maximum atomic E-state index is 13.1. The van der Waals surface area contributed by atoms with Crippen LogP contribution in [0.3, 0.4) is 0 Å². The van der Waals surface area contributed by atoms with E-state index in [1.807, 2.05) is 0 Å². The zero-order valence-electron chi connectivity index (χ0n) is 23.8. The van der Waals surface area contributed by atoms with Gasteiger partial charge in [-0.15, -0.1) is 0 Å². The first-order chi connectivity index (χ1) is 20.9. The van der Waals surface area contributed by atoms with Crippen LogP contribution in [0.15, 0.2) is 45.6 Å². The Morgan fingerprint density at radius 2 is 1.45 bits per heavy atom. The second-order valence-corrected chi connectivity index (χ2v) is 10.5. The predicted molar refractivity (Wildman–Crippen MR) is 148 cm³/mol. The monoisotopic (exact) mass is 622 g/mol. The molecule has 0 aliphatic carbocycles. The molecule has 0 radical (unpaired) electrons. The molecule has 10 atom stereocenters. The number of hydrogen-bond acceptors (Lipinski definition) is 15. The van der Waals surface area contributed by atoms with Gasteiger partial charge in [-0.25, -0.2) is 0 Å². The van der Waals surface area contributed by atoms with Gasteiger partial charge in [0.05, 0.1) is 32.3 Å². The normalized spacial score (nSPS) is 32.4. The van der Waals surface area contributed by atoms with E-state index in [-0.39, 0.29) is 28.2 Å². The van der Waals surface area contributed by atoms with E-state index < -0.39 is 79.2 Å². The summed E-state index contributed by atoms with van der Waals surface area (Å²) in [4.78, 5) is 13.1. The van der Waals surface area contributed by atoms with Crippen LogP contribution in [0.5, 0.6) is 23.0 Å². The molecule has 240 valence electrons. The number of methoxy groups -OCH3 is 2. The lowest BCUT2D eigenvalue weighted by Gasteiger charge is -2.42. The summed E-state index contributed by atoms with van der Waals surface area (Å²) in [6.45, 7) is 0.943. The Labute approximate surface area is 249 Å². The molecule has 0 amide bonds. The lowest BCUT2D eigenvalue weighted by molar-refractivity contribution is -0.318. The molecule has 10 unspecified atom stereocenters. The number of phenolic OH excluding ortho intramolecular Hbond substituents is 1. The zero-order valence-corrected chi connectivity index (χ0v) is 23.8. The molecule has 7 N–H and O–H groups in total. The summed E-state index contributed by atoms with van der Waals surface area (Å²) in [6, 6.07) is 9.12. The molecule has 15 heteroatoms. The van der Waals surface area contributed by atoms with Crippen LogP contribution in [-0.4, -0.2) is 118 Å². The number of fused-ring (bicyclic) bond motifs is 1. The second kappa shape index (κ2) is 12.8. The molecule has 0 spiro atoms. The van der Waals surface area contributed by atoms with Crippen LogP contribution in [0, 0.1) is 0 Å². The highest BCUT2D eigenvalue weighted by atomic mass is 16.7. The molecule has 5 rings (SSSR count). The third kappa shape index (κ3) is 5.93. The summed E-state index contributed by atoms with van der Waals surface area (Å²) in [5.41, 5.74) is -0.208. The number of phenols is 1. The summed E-state index contributed by atoms with van der Waals surface area (Å²) in [7, 11) is 2.73. The number of hydrogen-bond donors (Lipinski definition) is 7. The van der Waals surface area contributed by atoms with Gasteiger partial charge in [0.15, 0.2) is 23.1 Å². The Balaban J connectivity index is 1.39. The van der Waals surface area contributed by atoms with Crippen LogP contribution in [0.4, 0.5) is 0 Å². The highest BCUT2D eigenvalue weighted by Crippen LogP contribution is 2.44. The van der Waals surface area contributed by atoms with Crippen molar-refractivity contribution in [2.24, 2.45) is 0 Å².